The van der Waals surface area contributed by atoms with Crippen LogP contribution in [0.4, 0.5) is 0 Å². The summed E-state index contributed by atoms with van der Waals surface area (Å²) >= 11 is 0. The van der Waals surface area contributed by atoms with E-state index in [0.717, 1.165) is 18.7 Å². The molecule has 0 saturated carbocycles. The second-order valence-electron chi connectivity index (χ2n) is 3.98. The summed E-state index contributed by atoms with van der Waals surface area (Å²) in [5.74, 6) is 0.202. The Bertz CT molecular complexity index is 333. The number of rotatable bonds is 3. The van der Waals surface area contributed by atoms with E-state index in [9.17, 15) is 4.79 Å². The van der Waals surface area contributed by atoms with Crippen molar-refractivity contribution in [1.29, 1.82) is 0 Å². The van der Waals surface area contributed by atoms with Crippen LogP contribution < -0.4 is 5.32 Å². The Morgan fingerprint density at radius 2 is 2.07 bits per heavy atom. The van der Waals surface area contributed by atoms with E-state index in [1.807, 2.05) is 42.3 Å². The van der Waals surface area contributed by atoms with Crippen molar-refractivity contribution in [3.05, 3.63) is 35.9 Å². The zero-order valence-electron chi connectivity index (χ0n) is 8.94. The van der Waals surface area contributed by atoms with E-state index in [2.05, 4.69) is 5.32 Å². The molecule has 0 spiro atoms. The SMILES string of the molecule is CN(C(=O)Cc1ccccc1)C1CNC1. The topological polar surface area (TPSA) is 32.3 Å². The van der Waals surface area contributed by atoms with Crippen LogP contribution in [0.25, 0.3) is 0 Å². The Labute approximate surface area is 90.1 Å². The third kappa shape index (κ3) is 2.36. The summed E-state index contributed by atoms with van der Waals surface area (Å²) < 4.78 is 0. The van der Waals surface area contributed by atoms with Crippen LogP contribution in [-0.4, -0.2) is 37.0 Å². The molecule has 1 aromatic rings. The van der Waals surface area contributed by atoms with Crippen LogP contribution in [0.2, 0.25) is 0 Å². The van der Waals surface area contributed by atoms with Gasteiger partial charge in [0.1, 0.15) is 0 Å². The van der Waals surface area contributed by atoms with Gasteiger partial charge in [-0.3, -0.25) is 4.79 Å². The van der Waals surface area contributed by atoms with Crippen molar-refractivity contribution in [2.45, 2.75) is 12.5 Å². The summed E-state index contributed by atoms with van der Waals surface area (Å²) in [6.07, 6.45) is 0.508. The van der Waals surface area contributed by atoms with Crippen molar-refractivity contribution >= 4 is 5.91 Å². The smallest absolute Gasteiger partial charge is 0.227 e. The number of nitrogens with one attached hydrogen (secondary N) is 1. The van der Waals surface area contributed by atoms with Gasteiger partial charge in [-0.1, -0.05) is 30.3 Å². The zero-order valence-corrected chi connectivity index (χ0v) is 8.94. The number of carbonyl (C=O) groups excluding carboxylic acids is 1. The monoisotopic (exact) mass is 204 g/mol. The lowest BCUT2D eigenvalue weighted by molar-refractivity contribution is -0.132. The van der Waals surface area contributed by atoms with Gasteiger partial charge in [0, 0.05) is 20.1 Å². The Balaban J connectivity index is 1.91. The van der Waals surface area contributed by atoms with Crippen molar-refractivity contribution < 1.29 is 4.79 Å². The van der Waals surface area contributed by atoms with Crippen LogP contribution in [0.15, 0.2) is 30.3 Å². The highest BCUT2D eigenvalue weighted by Gasteiger charge is 2.24. The lowest BCUT2D eigenvalue weighted by Crippen LogP contribution is -2.57. The first-order valence-electron chi connectivity index (χ1n) is 5.27. The van der Waals surface area contributed by atoms with Gasteiger partial charge in [0.2, 0.25) is 5.91 Å². The largest absolute Gasteiger partial charge is 0.340 e. The first kappa shape index (κ1) is 10.2. The van der Waals surface area contributed by atoms with E-state index in [4.69, 9.17) is 0 Å². The van der Waals surface area contributed by atoms with Gasteiger partial charge >= 0.3 is 0 Å². The van der Waals surface area contributed by atoms with Crippen LogP contribution in [-0.2, 0) is 11.2 Å². The molecule has 0 unspecified atom stereocenters. The first-order valence-corrected chi connectivity index (χ1v) is 5.27. The summed E-state index contributed by atoms with van der Waals surface area (Å²) in [5, 5.41) is 3.17. The Kier molecular flexibility index (Phi) is 3.02. The molecule has 15 heavy (non-hydrogen) atoms. The Hall–Kier alpha value is -1.35. The summed E-state index contributed by atoms with van der Waals surface area (Å²) in [6, 6.07) is 10.3. The highest BCUT2D eigenvalue weighted by Crippen LogP contribution is 2.06. The van der Waals surface area contributed by atoms with Gasteiger partial charge in [0.25, 0.3) is 0 Å². The molecule has 1 heterocycles. The van der Waals surface area contributed by atoms with Crippen molar-refractivity contribution in [1.82, 2.24) is 10.2 Å². The number of likely N-dealkylation sites (N-methyl/N-ethyl adjacent to an activating group) is 1. The molecule has 2 rings (SSSR count). The maximum Gasteiger partial charge on any atom is 0.227 e. The molecule has 1 saturated heterocycles. The lowest BCUT2D eigenvalue weighted by atomic mass is 10.1. The molecule has 80 valence electrons. The average molecular weight is 204 g/mol. The zero-order chi connectivity index (χ0) is 10.7. The fraction of sp³-hybridized carbons (Fsp3) is 0.417. The summed E-state index contributed by atoms with van der Waals surface area (Å²) in [7, 11) is 1.89. The predicted octanol–water partition coefficient (Wildman–Crippen LogP) is 0.659. The number of nitrogens with zero attached hydrogens (tertiary/aromatic N) is 1. The molecule has 0 aromatic heterocycles. The van der Waals surface area contributed by atoms with Crippen molar-refractivity contribution in [2.75, 3.05) is 20.1 Å². The van der Waals surface area contributed by atoms with E-state index < -0.39 is 0 Å². The van der Waals surface area contributed by atoms with Gasteiger partial charge in [-0.15, -0.1) is 0 Å². The van der Waals surface area contributed by atoms with Gasteiger partial charge < -0.3 is 10.2 Å². The quantitative estimate of drug-likeness (QED) is 0.784. The number of hydrogen-bond acceptors (Lipinski definition) is 2. The third-order valence-electron chi connectivity index (χ3n) is 2.90. The second kappa shape index (κ2) is 4.45. The Morgan fingerprint density at radius 3 is 2.60 bits per heavy atom. The van der Waals surface area contributed by atoms with Crippen LogP contribution in [0.1, 0.15) is 5.56 Å². The molecule has 3 heteroatoms. The van der Waals surface area contributed by atoms with E-state index in [0.29, 0.717) is 12.5 Å². The number of hydrogen-bond donors (Lipinski definition) is 1. The second-order valence-corrected chi connectivity index (χ2v) is 3.98. The van der Waals surface area contributed by atoms with Crippen LogP contribution in [0.5, 0.6) is 0 Å². The summed E-state index contributed by atoms with van der Waals surface area (Å²) in [4.78, 5) is 13.7. The standard InChI is InChI=1S/C12H16N2O/c1-14(11-8-13-9-11)12(15)7-10-5-3-2-4-6-10/h2-6,11,13H,7-9H2,1H3. The molecule has 0 radical (unpaired) electrons. The Morgan fingerprint density at radius 1 is 1.40 bits per heavy atom. The lowest BCUT2D eigenvalue weighted by Gasteiger charge is -2.35. The minimum atomic E-state index is 0.202. The van der Waals surface area contributed by atoms with Crippen LogP contribution in [0.3, 0.4) is 0 Å². The molecule has 3 nitrogen and oxygen atoms in total. The van der Waals surface area contributed by atoms with E-state index in [1.165, 1.54) is 0 Å². The molecule has 1 amide bonds. The van der Waals surface area contributed by atoms with Crippen molar-refractivity contribution in [3.8, 4) is 0 Å². The molecule has 1 fully saturated rings. The first-order chi connectivity index (χ1) is 7.27. The van der Waals surface area contributed by atoms with Crippen molar-refractivity contribution in [3.63, 3.8) is 0 Å². The molecule has 1 aliphatic heterocycles. The summed E-state index contributed by atoms with van der Waals surface area (Å²) in [5.41, 5.74) is 1.08. The molecule has 0 aliphatic carbocycles. The highest BCUT2D eigenvalue weighted by atomic mass is 16.2. The van der Waals surface area contributed by atoms with Crippen molar-refractivity contribution in [2.24, 2.45) is 0 Å². The molecule has 1 aliphatic rings. The van der Waals surface area contributed by atoms with Gasteiger partial charge in [-0.05, 0) is 5.56 Å². The maximum atomic E-state index is 11.8. The van der Waals surface area contributed by atoms with Gasteiger partial charge in [-0.25, -0.2) is 0 Å². The number of amides is 1. The molecule has 0 bridgehead atoms. The van der Waals surface area contributed by atoms with E-state index >= 15 is 0 Å². The maximum absolute atomic E-state index is 11.8. The van der Waals surface area contributed by atoms with Crippen LogP contribution in [0, 0.1) is 0 Å². The normalized spacial score (nSPS) is 15.8. The fourth-order valence-corrected chi connectivity index (χ4v) is 1.65. The molecular formula is C12H16N2O. The molecular weight excluding hydrogens is 188 g/mol. The molecule has 1 N–H and O–H groups in total. The van der Waals surface area contributed by atoms with Crippen LogP contribution >= 0.6 is 0 Å². The van der Waals surface area contributed by atoms with E-state index in [1.54, 1.807) is 0 Å². The number of benzene rings is 1. The number of carbonyl (C=O) groups is 1. The minimum absolute atomic E-state index is 0.202. The third-order valence-corrected chi connectivity index (χ3v) is 2.90. The summed E-state index contributed by atoms with van der Waals surface area (Å²) in [6.45, 7) is 1.86. The van der Waals surface area contributed by atoms with Gasteiger partial charge in [0.15, 0.2) is 0 Å². The highest BCUT2D eigenvalue weighted by molar-refractivity contribution is 5.79. The minimum Gasteiger partial charge on any atom is -0.340 e. The van der Waals surface area contributed by atoms with Gasteiger partial charge in [0.05, 0.1) is 12.5 Å². The average Bonchev–Trinajstić information content (AvgIpc) is 2.16. The molecule has 0 atom stereocenters. The van der Waals surface area contributed by atoms with Gasteiger partial charge in [-0.2, -0.15) is 0 Å². The fourth-order valence-electron chi connectivity index (χ4n) is 1.65. The predicted molar refractivity (Wildman–Crippen MR) is 59.6 cm³/mol. The molecule has 1 aromatic carbocycles. The van der Waals surface area contributed by atoms with E-state index in [-0.39, 0.29) is 5.91 Å².